The van der Waals surface area contributed by atoms with E-state index in [-0.39, 0.29) is 0 Å². The van der Waals surface area contributed by atoms with E-state index in [1.807, 2.05) is 12.4 Å². The van der Waals surface area contributed by atoms with Crippen molar-refractivity contribution >= 4 is 0 Å². The highest BCUT2D eigenvalue weighted by molar-refractivity contribution is 4.88. The molecular formula is C15H25N5. The molecule has 0 unspecified atom stereocenters. The van der Waals surface area contributed by atoms with Crippen LogP contribution in [0, 0.1) is 13.8 Å². The van der Waals surface area contributed by atoms with Crippen LogP contribution in [0.3, 0.4) is 0 Å². The van der Waals surface area contributed by atoms with Gasteiger partial charge in [-0.25, -0.2) is 9.97 Å². The first-order valence-electron chi connectivity index (χ1n) is 7.31. The van der Waals surface area contributed by atoms with Crippen molar-refractivity contribution in [2.24, 2.45) is 0 Å². The number of nitrogens with zero attached hydrogens (tertiary/aromatic N) is 5. The highest BCUT2D eigenvalue weighted by Crippen LogP contribution is 2.01. The summed E-state index contributed by atoms with van der Waals surface area (Å²) in [7, 11) is 2.20. The summed E-state index contributed by atoms with van der Waals surface area (Å²) in [6.45, 7) is 8.46. The SMILES string of the molecule is Cc1nccn1CCCN(C)CCCn1ccnc1C. The zero-order valence-corrected chi connectivity index (χ0v) is 12.8. The Labute approximate surface area is 121 Å². The number of aromatic nitrogens is 4. The lowest BCUT2D eigenvalue weighted by atomic mass is 10.3. The van der Waals surface area contributed by atoms with Crippen molar-refractivity contribution in [3.05, 3.63) is 36.4 Å². The Hall–Kier alpha value is -1.62. The van der Waals surface area contributed by atoms with E-state index < -0.39 is 0 Å². The van der Waals surface area contributed by atoms with Gasteiger partial charge in [0.1, 0.15) is 11.6 Å². The van der Waals surface area contributed by atoms with Crippen molar-refractivity contribution in [2.75, 3.05) is 20.1 Å². The predicted octanol–water partition coefficient (Wildman–Crippen LogP) is 2.11. The van der Waals surface area contributed by atoms with E-state index >= 15 is 0 Å². The summed E-state index contributed by atoms with van der Waals surface area (Å²) in [5, 5.41) is 0. The van der Waals surface area contributed by atoms with Gasteiger partial charge in [0, 0.05) is 37.9 Å². The van der Waals surface area contributed by atoms with Crippen LogP contribution in [0.2, 0.25) is 0 Å². The first-order chi connectivity index (χ1) is 9.66. The summed E-state index contributed by atoms with van der Waals surface area (Å²) in [6.07, 6.45) is 10.2. The first kappa shape index (κ1) is 14.8. The van der Waals surface area contributed by atoms with Crippen molar-refractivity contribution < 1.29 is 0 Å². The lowest BCUT2D eigenvalue weighted by Gasteiger charge is -2.17. The number of aryl methyl sites for hydroxylation is 4. The van der Waals surface area contributed by atoms with Gasteiger partial charge in [0.15, 0.2) is 0 Å². The molecule has 2 rings (SSSR count). The number of hydrogen-bond acceptors (Lipinski definition) is 3. The third kappa shape index (κ3) is 4.20. The quantitative estimate of drug-likeness (QED) is 0.740. The molecular weight excluding hydrogens is 250 g/mol. The Morgan fingerprint density at radius 1 is 0.900 bits per heavy atom. The summed E-state index contributed by atoms with van der Waals surface area (Å²) in [5.41, 5.74) is 0. The van der Waals surface area contributed by atoms with Gasteiger partial charge in [-0.2, -0.15) is 0 Å². The molecule has 0 bridgehead atoms. The van der Waals surface area contributed by atoms with Gasteiger partial charge in [-0.1, -0.05) is 0 Å². The molecule has 0 aromatic carbocycles. The summed E-state index contributed by atoms with van der Waals surface area (Å²) in [4.78, 5) is 10.9. The lowest BCUT2D eigenvalue weighted by molar-refractivity contribution is 0.309. The molecule has 110 valence electrons. The van der Waals surface area contributed by atoms with E-state index in [0.717, 1.165) is 50.7 Å². The maximum absolute atomic E-state index is 4.24. The molecule has 0 atom stereocenters. The van der Waals surface area contributed by atoms with Crippen molar-refractivity contribution in [2.45, 2.75) is 39.8 Å². The minimum atomic E-state index is 1.05. The standard InChI is InChI=1S/C15H25N5/c1-14-16-6-12-19(14)10-4-8-18(3)9-5-11-20-13-7-17-15(20)2/h6-7,12-13H,4-5,8-11H2,1-3H3. The van der Waals surface area contributed by atoms with E-state index in [9.17, 15) is 0 Å². The molecule has 0 spiro atoms. The summed E-state index contributed by atoms with van der Waals surface area (Å²) < 4.78 is 4.42. The van der Waals surface area contributed by atoms with Gasteiger partial charge in [0.05, 0.1) is 0 Å². The molecule has 5 heteroatoms. The molecule has 0 saturated heterocycles. The van der Waals surface area contributed by atoms with Crippen LogP contribution in [-0.4, -0.2) is 44.1 Å². The van der Waals surface area contributed by atoms with Gasteiger partial charge in [0.25, 0.3) is 0 Å². The fourth-order valence-corrected chi connectivity index (χ4v) is 2.41. The molecule has 0 aliphatic heterocycles. The second kappa shape index (κ2) is 7.24. The highest BCUT2D eigenvalue weighted by atomic mass is 15.1. The molecule has 2 aromatic heterocycles. The fraction of sp³-hybridized carbons (Fsp3) is 0.600. The second-order valence-electron chi connectivity index (χ2n) is 5.35. The summed E-state index contributed by atoms with van der Waals surface area (Å²) in [5.74, 6) is 2.20. The van der Waals surface area contributed by atoms with E-state index in [4.69, 9.17) is 0 Å². The Morgan fingerprint density at radius 2 is 1.35 bits per heavy atom. The van der Waals surface area contributed by atoms with Crippen molar-refractivity contribution in [3.63, 3.8) is 0 Å². The van der Waals surface area contributed by atoms with Crippen LogP contribution >= 0.6 is 0 Å². The average Bonchev–Trinajstić information content (AvgIpc) is 3.00. The van der Waals surface area contributed by atoms with Gasteiger partial charge < -0.3 is 14.0 Å². The predicted molar refractivity (Wildman–Crippen MR) is 80.7 cm³/mol. The van der Waals surface area contributed by atoms with Gasteiger partial charge in [-0.3, -0.25) is 0 Å². The third-order valence-electron chi connectivity index (χ3n) is 3.72. The molecule has 2 heterocycles. The fourth-order valence-electron chi connectivity index (χ4n) is 2.41. The van der Waals surface area contributed by atoms with E-state index in [2.05, 4.69) is 57.3 Å². The van der Waals surface area contributed by atoms with Crippen LogP contribution in [0.4, 0.5) is 0 Å². The molecule has 0 amide bonds. The van der Waals surface area contributed by atoms with E-state index in [1.54, 1.807) is 0 Å². The summed E-state index contributed by atoms with van der Waals surface area (Å²) in [6, 6.07) is 0. The minimum absolute atomic E-state index is 1.05. The monoisotopic (exact) mass is 275 g/mol. The van der Waals surface area contributed by atoms with Gasteiger partial charge in [0.2, 0.25) is 0 Å². The lowest BCUT2D eigenvalue weighted by Crippen LogP contribution is -2.23. The molecule has 0 aliphatic rings. The van der Waals surface area contributed by atoms with Gasteiger partial charge >= 0.3 is 0 Å². The van der Waals surface area contributed by atoms with Crippen molar-refractivity contribution in [3.8, 4) is 0 Å². The second-order valence-corrected chi connectivity index (χ2v) is 5.35. The molecule has 2 aromatic rings. The molecule has 0 saturated carbocycles. The maximum Gasteiger partial charge on any atom is 0.105 e. The molecule has 20 heavy (non-hydrogen) atoms. The average molecular weight is 275 g/mol. The molecule has 5 nitrogen and oxygen atoms in total. The summed E-state index contributed by atoms with van der Waals surface area (Å²) >= 11 is 0. The Morgan fingerprint density at radius 3 is 1.70 bits per heavy atom. The van der Waals surface area contributed by atoms with Crippen LogP contribution in [0.25, 0.3) is 0 Å². The zero-order chi connectivity index (χ0) is 14.4. The van der Waals surface area contributed by atoms with Crippen LogP contribution < -0.4 is 0 Å². The van der Waals surface area contributed by atoms with Gasteiger partial charge in [-0.05, 0) is 46.8 Å². The van der Waals surface area contributed by atoms with E-state index in [1.165, 1.54) is 0 Å². The number of hydrogen-bond donors (Lipinski definition) is 0. The van der Waals surface area contributed by atoms with Crippen LogP contribution in [0.5, 0.6) is 0 Å². The van der Waals surface area contributed by atoms with Crippen LogP contribution in [-0.2, 0) is 13.1 Å². The minimum Gasteiger partial charge on any atom is -0.335 e. The Balaban J connectivity index is 1.60. The van der Waals surface area contributed by atoms with Crippen molar-refractivity contribution in [1.29, 1.82) is 0 Å². The van der Waals surface area contributed by atoms with Crippen LogP contribution in [0.15, 0.2) is 24.8 Å². The zero-order valence-electron chi connectivity index (χ0n) is 12.8. The topological polar surface area (TPSA) is 38.9 Å². The smallest absolute Gasteiger partial charge is 0.105 e. The van der Waals surface area contributed by atoms with Crippen LogP contribution in [0.1, 0.15) is 24.5 Å². The first-order valence-corrected chi connectivity index (χ1v) is 7.31. The molecule has 0 fully saturated rings. The highest BCUT2D eigenvalue weighted by Gasteiger charge is 2.01. The Kier molecular flexibility index (Phi) is 5.35. The Bertz CT molecular complexity index is 468. The largest absolute Gasteiger partial charge is 0.335 e. The van der Waals surface area contributed by atoms with E-state index in [0.29, 0.717) is 0 Å². The molecule has 0 aliphatic carbocycles. The number of imidazole rings is 2. The molecule has 0 N–H and O–H groups in total. The molecule has 0 radical (unpaired) electrons. The van der Waals surface area contributed by atoms with Gasteiger partial charge in [-0.15, -0.1) is 0 Å². The number of rotatable bonds is 8. The third-order valence-corrected chi connectivity index (χ3v) is 3.72. The normalized spacial score (nSPS) is 11.4. The maximum atomic E-state index is 4.24. The van der Waals surface area contributed by atoms with Crippen molar-refractivity contribution in [1.82, 2.24) is 24.0 Å².